The van der Waals surface area contributed by atoms with Crippen molar-refractivity contribution in [3.05, 3.63) is 0 Å². The predicted molar refractivity (Wildman–Crippen MR) is 356 cm³/mol. The van der Waals surface area contributed by atoms with E-state index in [1.54, 1.807) is 38.5 Å². The zero-order valence-electron chi connectivity index (χ0n) is 65.9. The van der Waals surface area contributed by atoms with Gasteiger partial charge in [-0.1, -0.05) is 295 Å². The van der Waals surface area contributed by atoms with Crippen molar-refractivity contribution in [3.63, 3.8) is 0 Å². The van der Waals surface area contributed by atoms with Crippen molar-refractivity contribution >= 4 is 0 Å². The zero-order valence-corrected chi connectivity index (χ0v) is 60.9. The van der Waals surface area contributed by atoms with Crippen molar-refractivity contribution in [1.29, 1.82) is 0 Å². The molecule has 0 aliphatic heterocycles. The van der Waals surface area contributed by atoms with E-state index in [1.807, 2.05) is 27.7 Å². The van der Waals surface area contributed by atoms with Crippen molar-refractivity contribution in [1.82, 2.24) is 0 Å². The lowest BCUT2D eigenvalue weighted by Crippen LogP contribution is -2.51. The van der Waals surface area contributed by atoms with E-state index in [0.717, 1.165) is 54.8 Å². The maximum absolute atomic E-state index is 8.27. The van der Waals surface area contributed by atoms with E-state index >= 15 is 0 Å². The Morgan fingerprint density at radius 1 is 0.395 bits per heavy atom. The summed E-state index contributed by atoms with van der Waals surface area (Å²) in [5.41, 5.74) is 3.43. The van der Waals surface area contributed by atoms with E-state index < -0.39 is 0 Å². The van der Waals surface area contributed by atoms with Gasteiger partial charge in [0.2, 0.25) is 0 Å². The molecule has 0 aromatic carbocycles. The van der Waals surface area contributed by atoms with Crippen LogP contribution in [0, 0.1) is 119 Å². The molecule has 0 amide bonds. The lowest BCUT2D eigenvalue weighted by molar-refractivity contribution is -0.113. The standard InChI is InChI=1S/C14H24.C10H20.C10H22.C9H18.2C9H20.C8H18.C7H16/c1-13(2,3)14-7-10-4-11(8-14)6-12(5-10)9-14;1-10(2,3)9-7-5-4-6-8-9;1-8(9(2,3)4)10(5,6)7;1-9(2,3)8-6-4-5-7-8;1-8(2,3)7-9(4,5)6;1-7(2)8(3)9(4,5)6;1-7(2)6-8(3,4)5;1-6(2)7(3,4)5/h10-12H,4-9H2,1-3H3;9H,4-8H2,1-3H3;8H,1-7H3;8H,4-7H2,1-3H3;7H2,1-6H3;7-8H,1-6H3;7H,6H2,1-5H3;6H,1-5H3/i;9D;2*8D;;8D;;6D. The van der Waals surface area contributed by atoms with Gasteiger partial charge in [0, 0.05) is 6.85 Å². The molecule has 6 aliphatic carbocycles. The molecule has 0 heterocycles. The molecule has 1 unspecified atom stereocenters. The molecule has 0 saturated heterocycles. The molecular formula is C76H158. The summed E-state index contributed by atoms with van der Waals surface area (Å²) in [6.07, 6.45) is 22.9. The second-order valence-electron chi connectivity index (χ2n) is 37.8. The minimum Gasteiger partial charge on any atom is -0.0628 e. The number of hydrogen-bond acceptors (Lipinski definition) is 0. The summed E-state index contributed by atoms with van der Waals surface area (Å²) in [5, 5.41) is 0. The van der Waals surface area contributed by atoms with Crippen LogP contribution in [-0.4, -0.2) is 0 Å². The highest BCUT2D eigenvalue weighted by atomic mass is 14.6. The van der Waals surface area contributed by atoms with Gasteiger partial charge in [-0.05, 0) is 196 Å². The van der Waals surface area contributed by atoms with Gasteiger partial charge in [0.25, 0.3) is 0 Å². The fourth-order valence-corrected chi connectivity index (χ4v) is 13.1. The Morgan fingerprint density at radius 2 is 0.671 bits per heavy atom. The molecule has 462 valence electrons. The van der Waals surface area contributed by atoms with Gasteiger partial charge in [0.1, 0.15) is 0 Å². The Bertz CT molecular complexity index is 1590. The Morgan fingerprint density at radius 3 is 0.776 bits per heavy atom. The minimum absolute atomic E-state index is 0.0469. The summed E-state index contributed by atoms with van der Waals surface area (Å²) in [6, 6.07) is 0. The summed E-state index contributed by atoms with van der Waals surface area (Å²) >= 11 is 0. The van der Waals surface area contributed by atoms with Gasteiger partial charge in [-0.15, -0.1) is 0 Å². The van der Waals surface area contributed by atoms with Crippen LogP contribution in [0.4, 0.5) is 0 Å². The monoisotopic (exact) mass is 1080 g/mol. The molecule has 4 bridgehead atoms. The van der Waals surface area contributed by atoms with Crippen LogP contribution in [0.3, 0.4) is 0 Å². The molecule has 6 aliphatic rings. The lowest BCUT2D eigenvalue weighted by Gasteiger charge is -2.62. The Kier molecular flexibility index (Phi) is 29.7. The second kappa shape index (κ2) is 32.2. The second-order valence-corrected chi connectivity index (χ2v) is 37.8. The Hall–Kier alpha value is 0. The molecule has 0 radical (unpaired) electrons. The number of rotatable bonds is 2. The first-order valence-corrected chi connectivity index (χ1v) is 32.5. The molecule has 0 spiro atoms. The summed E-state index contributed by atoms with van der Waals surface area (Å²) in [7, 11) is 0. The predicted octanol–water partition coefficient (Wildman–Crippen LogP) is 27.4. The SMILES string of the molecule is CC(C)(C)C12CC3CC(CC(C3)C1)C2.CC(C)(C)CC(C)(C)C.CC(C)CC(C)(C)C.[2H]C(C)(C(C)(C)C)C(C)(C)C.[2H]C(C)(C(C)C)C(C)(C)C.[2H]C(C)(C)C(C)(C)C.[2H]C1(C(C)(C)C)CCCC1.[2H]C1(C(C)(C)C)CCCCC1. The van der Waals surface area contributed by atoms with Crippen LogP contribution in [-0.2, 0) is 0 Å². The van der Waals surface area contributed by atoms with Crippen LogP contribution >= 0.6 is 0 Å². The van der Waals surface area contributed by atoms with Gasteiger partial charge >= 0.3 is 0 Å². The van der Waals surface area contributed by atoms with Crippen molar-refractivity contribution in [2.45, 2.75) is 372 Å². The Labute approximate surface area is 495 Å². The van der Waals surface area contributed by atoms with E-state index in [-0.39, 0.29) is 62.0 Å². The molecule has 1 atom stereocenters. The first-order valence-electron chi connectivity index (χ1n) is 35.0. The highest BCUT2D eigenvalue weighted by molar-refractivity contribution is 5.05. The molecule has 0 N–H and O–H groups in total. The van der Waals surface area contributed by atoms with Gasteiger partial charge in [-0.25, -0.2) is 0 Å². The summed E-state index contributed by atoms with van der Waals surface area (Å²) in [4.78, 5) is 0. The van der Waals surface area contributed by atoms with Crippen LogP contribution in [0.5, 0.6) is 0 Å². The smallest absolute Gasteiger partial charge is 0.0311 e. The fourth-order valence-electron chi connectivity index (χ4n) is 13.1. The molecule has 0 nitrogen and oxygen atoms in total. The Balaban J connectivity index is -0.000000865. The minimum atomic E-state index is -0.375. The molecular weight excluding hydrogens is 913 g/mol. The van der Waals surface area contributed by atoms with Crippen molar-refractivity contribution in [3.8, 4) is 0 Å². The molecule has 0 aromatic rings. The summed E-state index contributed by atoms with van der Waals surface area (Å²) in [6.45, 7) is 83.3. The van der Waals surface area contributed by atoms with Crippen LogP contribution < -0.4 is 0 Å². The highest BCUT2D eigenvalue weighted by Crippen LogP contribution is 2.65. The first-order chi connectivity index (χ1) is 35.0. The van der Waals surface area contributed by atoms with Crippen LogP contribution in [0.25, 0.3) is 0 Å². The van der Waals surface area contributed by atoms with Gasteiger partial charge in [0.05, 0.1) is 0 Å². The normalized spacial score (nSPS) is 25.7. The van der Waals surface area contributed by atoms with Crippen LogP contribution in [0.2, 0.25) is 0 Å². The van der Waals surface area contributed by atoms with E-state index in [0.29, 0.717) is 27.6 Å². The van der Waals surface area contributed by atoms with Crippen molar-refractivity contribution in [2.24, 2.45) is 119 Å². The highest BCUT2D eigenvalue weighted by Gasteiger charge is 2.55. The topological polar surface area (TPSA) is 0 Å². The summed E-state index contributed by atoms with van der Waals surface area (Å²) < 4.78 is 40.2. The largest absolute Gasteiger partial charge is 0.0628 e. The fraction of sp³-hybridized carbons (Fsp3) is 1.00. The average Bonchev–Trinajstić information content (AvgIpc) is 3.62. The molecule has 0 heteroatoms. The van der Waals surface area contributed by atoms with Crippen molar-refractivity contribution in [2.75, 3.05) is 0 Å². The van der Waals surface area contributed by atoms with Gasteiger partial charge in [-0.3, -0.25) is 0 Å². The van der Waals surface area contributed by atoms with Crippen LogP contribution in [0.15, 0.2) is 0 Å². The molecule has 76 heavy (non-hydrogen) atoms. The van der Waals surface area contributed by atoms with E-state index in [2.05, 4.69) is 235 Å². The van der Waals surface area contributed by atoms with E-state index in [9.17, 15) is 0 Å². The maximum Gasteiger partial charge on any atom is 0.0311 e. The maximum atomic E-state index is 8.27. The van der Waals surface area contributed by atoms with Gasteiger partial charge in [-0.2, -0.15) is 0 Å². The molecule has 6 saturated carbocycles. The van der Waals surface area contributed by atoms with Crippen molar-refractivity contribution < 1.29 is 6.85 Å². The average molecular weight is 1080 g/mol. The third kappa shape index (κ3) is 37.9. The lowest BCUT2D eigenvalue weighted by atomic mass is 9.43. The summed E-state index contributed by atoms with van der Waals surface area (Å²) in [5.74, 6) is 3.35. The van der Waals surface area contributed by atoms with Gasteiger partial charge in [0.15, 0.2) is 0 Å². The quantitative estimate of drug-likeness (QED) is 0.259. The van der Waals surface area contributed by atoms with Crippen LogP contribution in [0.1, 0.15) is 379 Å². The van der Waals surface area contributed by atoms with E-state index in [1.165, 1.54) is 44.9 Å². The molecule has 0 aromatic heterocycles. The molecule has 6 fully saturated rings. The molecule has 6 rings (SSSR count). The zero-order chi connectivity index (χ0) is 65.9. The number of hydrogen-bond donors (Lipinski definition) is 0. The van der Waals surface area contributed by atoms with Gasteiger partial charge < -0.3 is 0 Å². The van der Waals surface area contributed by atoms with E-state index in [4.69, 9.17) is 6.85 Å². The first kappa shape index (κ1) is 70.3. The third-order valence-electron chi connectivity index (χ3n) is 18.3. The third-order valence-corrected chi connectivity index (χ3v) is 18.3.